The lowest BCUT2D eigenvalue weighted by Gasteiger charge is -1.88. The molecule has 12 heavy (non-hydrogen) atoms. The quantitative estimate of drug-likeness (QED) is 0.727. The van der Waals surface area contributed by atoms with E-state index in [1.54, 1.807) is 12.1 Å². The number of fused-ring (bicyclic) bond motifs is 1. The zero-order valence-electron chi connectivity index (χ0n) is 5.91. The van der Waals surface area contributed by atoms with Crippen LogP contribution in [0.15, 0.2) is 22.6 Å². The first-order valence-electron chi connectivity index (χ1n) is 3.28. The van der Waals surface area contributed by atoms with Crippen molar-refractivity contribution in [1.82, 2.24) is 0 Å². The first-order valence-corrected chi connectivity index (χ1v) is 4.36. The van der Waals surface area contributed by atoms with Gasteiger partial charge in [0.25, 0.3) is 0 Å². The minimum absolute atomic E-state index is 0.191. The Morgan fingerprint density at radius 3 is 2.75 bits per heavy atom. The van der Waals surface area contributed by atoms with Gasteiger partial charge in [0.1, 0.15) is 5.58 Å². The van der Waals surface area contributed by atoms with Crippen LogP contribution in [0.5, 0.6) is 11.7 Å². The summed E-state index contributed by atoms with van der Waals surface area (Å²) >= 11 is 2.12. The molecular weight excluding hydrogens is 271 g/mol. The van der Waals surface area contributed by atoms with Crippen molar-refractivity contribution in [2.24, 2.45) is 0 Å². The molecule has 0 saturated heterocycles. The Balaban J connectivity index is 2.88. The molecule has 62 valence electrons. The summed E-state index contributed by atoms with van der Waals surface area (Å²) in [6, 6.07) is 5.29. The number of aromatic hydroxyl groups is 2. The second-order valence-electron chi connectivity index (χ2n) is 2.40. The molecule has 0 unspecified atom stereocenters. The summed E-state index contributed by atoms with van der Waals surface area (Å²) in [6.07, 6.45) is 0. The molecule has 0 radical (unpaired) electrons. The van der Waals surface area contributed by atoms with Crippen LogP contribution < -0.4 is 0 Å². The SMILES string of the molecule is Oc1oc2ccc(I)cc2c1O. The predicted molar refractivity (Wildman–Crippen MR) is 52.3 cm³/mol. The summed E-state index contributed by atoms with van der Waals surface area (Å²) in [5.74, 6) is -0.615. The maximum Gasteiger partial charge on any atom is 0.327 e. The van der Waals surface area contributed by atoms with E-state index in [0.29, 0.717) is 11.0 Å². The van der Waals surface area contributed by atoms with Gasteiger partial charge < -0.3 is 14.6 Å². The average molecular weight is 276 g/mol. The molecule has 2 aromatic rings. The van der Waals surface area contributed by atoms with Crippen molar-refractivity contribution in [1.29, 1.82) is 0 Å². The zero-order chi connectivity index (χ0) is 8.72. The number of benzene rings is 1. The number of furan rings is 1. The molecule has 0 fully saturated rings. The van der Waals surface area contributed by atoms with Crippen LogP contribution in [0.2, 0.25) is 0 Å². The van der Waals surface area contributed by atoms with Gasteiger partial charge in [0.2, 0.25) is 5.75 Å². The number of rotatable bonds is 0. The second kappa shape index (κ2) is 2.55. The fraction of sp³-hybridized carbons (Fsp3) is 0. The lowest BCUT2D eigenvalue weighted by molar-refractivity contribution is 0.316. The highest BCUT2D eigenvalue weighted by molar-refractivity contribution is 14.1. The third-order valence-corrected chi connectivity index (χ3v) is 2.28. The van der Waals surface area contributed by atoms with Crippen LogP contribution >= 0.6 is 22.6 Å². The Labute approximate surface area is 81.8 Å². The van der Waals surface area contributed by atoms with Crippen LogP contribution in [0, 0.1) is 3.57 Å². The van der Waals surface area contributed by atoms with Crippen molar-refractivity contribution < 1.29 is 14.6 Å². The van der Waals surface area contributed by atoms with E-state index in [2.05, 4.69) is 22.6 Å². The third-order valence-electron chi connectivity index (χ3n) is 1.61. The van der Waals surface area contributed by atoms with Gasteiger partial charge in [-0.1, -0.05) is 0 Å². The zero-order valence-corrected chi connectivity index (χ0v) is 8.07. The van der Waals surface area contributed by atoms with Crippen molar-refractivity contribution in [2.75, 3.05) is 0 Å². The van der Waals surface area contributed by atoms with Crippen molar-refractivity contribution >= 4 is 33.6 Å². The van der Waals surface area contributed by atoms with Crippen LogP contribution in [0.4, 0.5) is 0 Å². The minimum Gasteiger partial charge on any atom is -0.501 e. The highest BCUT2D eigenvalue weighted by Gasteiger charge is 2.11. The van der Waals surface area contributed by atoms with E-state index in [4.69, 9.17) is 9.52 Å². The first-order chi connectivity index (χ1) is 5.68. The molecule has 0 aliphatic carbocycles. The molecule has 4 heteroatoms. The molecular formula is C8H5IO3. The molecule has 0 aliphatic heterocycles. The lowest BCUT2D eigenvalue weighted by atomic mass is 10.2. The van der Waals surface area contributed by atoms with Gasteiger partial charge in [0.05, 0.1) is 5.39 Å². The molecule has 0 aliphatic rings. The largest absolute Gasteiger partial charge is 0.501 e. The molecule has 0 bridgehead atoms. The summed E-state index contributed by atoms with van der Waals surface area (Å²) in [5.41, 5.74) is 0.491. The van der Waals surface area contributed by atoms with E-state index in [-0.39, 0.29) is 5.75 Å². The maximum atomic E-state index is 9.28. The van der Waals surface area contributed by atoms with E-state index in [9.17, 15) is 5.11 Å². The van der Waals surface area contributed by atoms with Gasteiger partial charge in [-0.15, -0.1) is 0 Å². The van der Waals surface area contributed by atoms with Gasteiger partial charge in [0, 0.05) is 3.57 Å². The van der Waals surface area contributed by atoms with Crippen LogP contribution in [-0.4, -0.2) is 10.2 Å². The summed E-state index contributed by atoms with van der Waals surface area (Å²) < 4.78 is 5.84. The molecule has 1 aromatic carbocycles. The monoisotopic (exact) mass is 276 g/mol. The topological polar surface area (TPSA) is 53.6 Å². The van der Waals surface area contributed by atoms with Crippen LogP contribution in [0.1, 0.15) is 0 Å². The Hall–Kier alpha value is -0.910. The van der Waals surface area contributed by atoms with Crippen molar-refractivity contribution in [2.45, 2.75) is 0 Å². The van der Waals surface area contributed by atoms with Gasteiger partial charge in [-0.2, -0.15) is 0 Å². The highest BCUT2D eigenvalue weighted by atomic mass is 127. The Kier molecular flexibility index (Phi) is 1.64. The average Bonchev–Trinajstić information content (AvgIpc) is 2.31. The number of halogens is 1. The van der Waals surface area contributed by atoms with E-state index in [0.717, 1.165) is 3.57 Å². The molecule has 0 amide bonds. The van der Waals surface area contributed by atoms with Crippen molar-refractivity contribution in [3.63, 3.8) is 0 Å². The van der Waals surface area contributed by atoms with Gasteiger partial charge in [0.15, 0.2) is 0 Å². The molecule has 2 rings (SSSR count). The fourth-order valence-electron chi connectivity index (χ4n) is 1.04. The molecule has 0 atom stereocenters. The molecule has 1 heterocycles. The lowest BCUT2D eigenvalue weighted by Crippen LogP contribution is -1.68. The van der Waals surface area contributed by atoms with Crippen LogP contribution in [-0.2, 0) is 0 Å². The number of hydrogen-bond acceptors (Lipinski definition) is 3. The van der Waals surface area contributed by atoms with E-state index in [1.165, 1.54) is 0 Å². The van der Waals surface area contributed by atoms with E-state index in [1.807, 2.05) is 6.07 Å². The summed E-state index contributed by atoms with van der Waals surface area (Å²) in [6.45, 7) is 0. The molecule has 3 nitrogen and oxygen atoms in total. The third kappa shape index (κ3) is 1.03. The molecule has 2 N–H and O–H groups in total. The van der Waals surface area contributed by atoms with Crippen LogP contribution in [0.25, 0.3) is 11.0 Å². The van der Waals surface area contributed by atoms with Gasteiger partial charge in [-0.05, 0) is 40.8 Å². The molecule has 1 aromatic heterocycles. The smallest absolute Gasteiger partial charge is 0.327 e. The number of hydrogen-bond donors (Lipinski definition) is 2. The second-order valence-corrected chi connectivity index (χ2v) is 3.64. The van der Waals surface area contributed by atoms with Gasteiger partial charge >= 0.3 is 5.95 Å². The first kappa shape index (κ1) is 7.72. The predicted octanol–water partition coefficient (Wildman–Crippen LogP) is 2.45. The van der Waals surface area contributed by atoms with E-state index < -0.39 is 5.95 Å². The molecule has 0 spiro atoms. The Morgan fingerprint density at radius 1 is 1.25 bits per heavy atom. The van der Waals surface area contributed by atoms with Gasteiger partial charge in [-0.25, -0.2) is 0 Å². The highest BCUT2D eigenvalue weighted by Crippen LogP contribution is 2.37. The fourth-order valence-corrected chi connectivity index (χ4v) is 1.54. The standard InChI is InChI=1S/C8H5IO3/c9-4-1-2-6-5(3-4)7(10)8(11)12-6/h1-3,10-11H. The Bertz CT molecular complexity index is 433. The molecule has 0 saturated carbocycles. The van der Waals surface area contributed by atoms with E-state index >= 15 is 0 Å². The summed E-state index contributed by atoms with van der Waals surface area (Å²) in [5, 5.41) is 18.8. The minimum atomic E-state index is -0.424. The van der Waals surface area contributed by atoms with Gasteiger partial charge in [-0.3, -0.25) is 0 Å². The summed E-state index contributed by atoms with van der Waals surface area (Å²) in [4.78, 5) is 0. The Morgan fingerprint density at radius 2 is 2.00 bits per heavy atom. The normalized spacial score (nSPS) is 10.8. The van der Waals surface area contributed by atoms with Crippen molar-refractivity contribution in [3.8, 4) is 11.7 Å². The summed E-state index contributed by atoms with van der Waals surface area (Å²) in [7, 11) is 0. The van der Waals surface area contributed by atoms with Crippen LogP contribution in [0.3, 0.4) is 0 Å². The van der Waals surface area contributed by atoms with Crippen molar-refractivity contribution in [3.05, 3.63) is 21.8 Å². The maximum absolute atomic E-state index is 9.28.